The van der Waals surface area contributed by atoms with Crippen LogP contribution in [0.3, 0.4) is 0 Å². The number of aromatic nitrogens is 3. The first kappa shape index (κ1) is 11.7. The zero-order valence-corrected chi connectivity index (χ0v) is 10.9. The first-order chi connectivity index (χ1) is 9.17. The Hall–Kier alpha value is -2.34. The fourth-order valence-electron chi connectivity index (χ4n) is 1.91. The van der Waals surface area contributed by atoms with E-state index in [0.29, 0.717) is 6.54 Å². The SMILES string of the molecule is Cc1ccc(N(C)c2ccc3nc(CN)cn3n2)o1. The highest BCUT2D eigenvalue weighted by atomic mass is 16.4. The van der Waals surface area contributed by atoms with Crippen LogP contribution in [0.2, 0.25) is 0 Å². The summed E-state index contributed by atoms with van der Waals surface area (Å²) >= 11 is 0. The van der Waals surface area contributed by atoms with Crippen LogP contribution < -0.4 is 10.6 Å². The monoisotopic (exact) mass is 257 g/mol. The van der Waals surface area contributed by atoms with Crippen molar-refractivity contribution in [2.45, 2.75) is 13.5 Å². The van der Waals surface area contributed by atoms with E-state index in [1.165, 1.54) is 0 Å². The highest BCUT2D eigenvalue weighted by Gasteiger charge is 2.10. The number of aryl methyl sites for hydroxylation is 1. The lowest BCUT2D eigenvalue weighted by Gasteiger charge is -2.14. The van der Waals surface area contributed by atoms with Crippen molar-refractivity contribution in [3.63, 3.8) is 0 Å². The number of furan rings is 1. The lowest BCUT2D eigenvalue weighted by molar-refractivity contribution is 0.536. The second-order valence-electron chi connectivity index (χ2n) is 4.37. The molecule has 6 nitrogen and oxygen atoms in total. The Labute approximate surface area is 110 Å². The molecule has 0 saturated heterocycles. The molecule has 98 valence electrons. The molecule has 0 atom stereocenters. The third kappa shape index (κ3) is 2.06. The normalized spacial score (nSPS) is 11.1. The van der Waals surface area contributed by atoms with Crippen LogP contribution in [0.5, 0.6) is 0 Å². The molecule has 0 aliphatic carbocycles. The summed E-state index contributed by atoms with van der Waals surface area (Å²) in [7, 11) is 1.91. The van der Waals surface area contributed by atoms with Gasteiger partial charge in [0.2, 0.25) is 5.88 Å². The molecule has 0 aliphatic heterocycles. The molecule has 3 aromatic rings. The summed E-state index contributed by atoms with van der Waals surface area (Å²) in [6, 6.07) is 7.66. The van der Waals surface area contributed by atoms with E-state index < -0.39 is 0 Å². The molecule has 0 amide bonds. The van der Waals surface area contributed by atoms with Crippen LogP contribution in [-0.4, -0.2) is 21.6 Å². The molecule has 0 bridgehead atoms. The third-order valence-corrected chi connectivity index (χ3v) is 2.97. The van der Waals surface area contributed by atoms with Gasteiger partial charge in [0, 0.05) is 19.7 Å². The molecule has 0 aliphatic rings. The third-order valence-electron chi connectivity index (χ3n) is 2.97. The molecule has 2 N–H and O–H groups in total. The molecular formula is C13H15N5O. The average molecular weight is 257 g/mol. The Morgan fingerprint density at radius 2 is 2.16 bits per heavy atom. The van der Waals surface area contributed by atoms with Crippen LogP contribution in [-0.2, 0) is 6.54 Å². The Kier molecular flexibility index (Phi) is 2.72. The van der Waals surface area contributed by atoms with E-state index in [-0.39, 0.29) is 0 Å². The molecule has 0 saturated carbocycles. The van der Waals surface area contributed by atoms with E-state index in [9.17, 15) is 0 Å². The van der Waals surface area contributed by atoms with Gasteiger partial charge >= 0.3 is 0 Å². The van der Waals surface area contributed by atoms with Gasteiger partial charge < -0.3 is 10.2 Å². The van der Waals surface area contributed by atoms with Gasteiger partial charge in [-0.3, -0.25) is 4.90 Å². The number of nitrogens with two attached hydrogens (primary N) is 1. The van der Waals surface area contributed by atoms with E-state index in [1.54, 1.807) is 4.52 Å². The summed E-state index contributed by atoms with van der Waals surface area (Å²) in [5.41, 5.74) is 7.18. The fourth-order valence-corrected chi connectivity index (χ4v) is 1.91. The lowest BCUT2D eigenvalue weighted by Crippen LogP contribution is -2.11. The highest BCUT2D eigenvalue weighted by Crippen LogP contribution is 2.23. The lowest BCUT2D eigenvalue weighted by atomic mass is 10.4. The predicted molar refractivity (Wildman–Crippen MR) is 72.4 cm³/mol. The molecular weight excluding hydrogens is 242 g/mol. The molecule has 19 heavy (non-hydrogen) atoms. The minimum absolute atomic E-state index is 0.409. The van der Waals surface area contributed by atoms with Gasteiger partial charge in [-0.25, -0.2) is 9.50 Å². The fraction of sp³-hybridized carbons (Fsp3) is 0.231. The van der Waals surface area contributed by atoms with Gasteiger partial charge in [0.15, 0.2) is 11.5 Å². The Balaban J connectivity index is 2.00. The van der Waals surface area contributed by atoms with Crippen LogP contribution in [0, 0.1) is 6.92 Å². The number of fused-ring (bicyclic) bond motifs is 1. The van der Waals surface area contributed by atoms with Crippen molar-refractivity contribution in [2.75, 3.05) is 11.9 Å². The summed E-state index contributed by atoms with van der Waals surface area (Å²) in [5.74, 6) is 2.40. The summed E-state index contributed by atoms with van der Waals surface area (Å²) in [5, 5.41) is 4.49. The van der Waals surface area contributed by atoms with Gasteiger partial charge in [0.1, 0.15) is 5.76 Å². The van der Waals surface area contributed by atoms with Crippen LogP contribution >= 0.6 is 0 Å². The van der Waals surface area contributed by atoms with E-state index in [2.05, 4.69) is 10.1 Å². The molecule has 6 heteroatoms. The van der Waals surface area contributed by atoms with E-state index >= 15 is 0 Å². The highest BCUT2D eigenvalue weighted by molar-refractivity contribution is 5.55. The Bertz CT molecular complexity index is 715. The van der Waals surface area contributed by atoms with E-state index in [4.69, 9.17) is 10.2 Å². The van der Waals surface area contributed by atoms with Gasteiger partial charge in [-0.05, 0) is 25.1 Å². The molecule has 0 fully saturated rings. The van der Waals surface area contributed by atoms with Crippen LogP contribution in [0.15, 0.2) is 34.9 Å². The quantitative estimate of drug-likeness (QED) is 0.775. The van der Waals surface area contributed by atoms with Crippen molar-refractivity contribution in [1.29, 1.82) is 0 Å². The maximum Gasteiger partial charge on any atom is 0.200 e. The Morgan fingerprint density at radius 1 is 1.32 bits per heavy atom. The summed E-state index contributed by atoms with van der Waals surface area (Å²) in [6.45, 7) is 2.32. The zero-order valence-electron chi connectivity index (χ0n) is 10.9. The predicted octanol–water partition coefficient (Wildman–Crippen LogP) is 1.86. The maximum absolute atomic E-state index is 5.58. The topological polar surface area (TPSA) is 72.6 Å². The molecule has 0 spiro atoms. The first-order valence-electron chi connectivity index (χ1n) is 6.03. The molecule has 3 aromatic heterocycles. The first-order valence-corrected chi connectivity index (χ1v) is 6.03. The summed E-state index contributed by atoms with van der Waals surface area (Å²) < 4.78 is 7.31. The smallest absolute Gasteiger partial charge is 0.200 e. The number of imidazole rings is 1. The van der Waals surface area contributed by atoms with Gasteiger partial charge in [0.25, 0.3) is 0 Å². The molecule has 0 unspecified atom stereocenters. The summed E-state index contributed by atoms with van der Waals surface area (Å²) in [6.07, 6.45) is 1.83. The number of rotatable bonds is 3. The molecule has 0 radical (unpaired) electrons. The van der Waals surface area contributed by atoms with Crippen molar-refractivity contribution in [3.05, 3.63) is 41.9 Å². The van der Waals surface area contributed by atoms with Gasteiger partial charge in [-0.15, -0.1) is 5.10 Å². The van der Waals surface area contributed by atoms with Crippen LogP contribution in [0.4, 0.5) is 11.7 Å². The molecule has 0 aromatic carbocycles. The summed E-state index contributed by atoms with van der Waals surface area (Å²) in [4.78, 5) is 6.23. The van der Waals surface area contributed by atoms with Crippen molar-refractivity contribution in [1.82, 2.24) is 14.6 Å². The largest absolute Gasteiger partial charge is 0.445 e. The number of hydrogen-bond donors (Lipinski definition) is 1. The van der Waals surface area contributed by atoms with Crippen molar-refractivity contribution in [2.24, 2.45) is 5.73 Å². The van der Waals surface area contributed by atoms with Crippen LogP contribution in [0.25, 0.3) is 5.65 Å². The van der Waals surface area contributed by atoms with Gasteiger partial charge in [-0.2, -0.15) is 0 Å². The van der Waals surface area contributed by atoms with Gasteiger partial charge in [0.05, 0.1) is 11.9 Å². The molecule has 3 rings (SSSR count). The maximum atomic E-state index is 5.58. The standard InChI is InChI=1S/C13H15N5O/c1-9-3-6-13(19-9)17(2)12-5-4-11-15-10(7-14)8-18(11)16-12/h3-6,8H,7,14H2,1-2H3. The second-order valence-corrected chi connectivity index (χ2v) is 4.37. The minimum atomic E-state index is 0.409. The van der Waals surface area contributed by atoms with Crippen molar-refractivity contribution in [3.8, 4) is 0 Å². The Morgan fingerprint density at radius 3 is 2.84 bits per heavy atom. The average Bonchev–Trinajstić information content (AvgIpc) is 3.02. The number of nitrogens with zero attached hydrogens (tertiary/aromatic N) is 4. The number of hydrogen-bond acceptors (Lipinski definition) is 5. The van der Waals surface area contributed by atoms with Crippen molar-refractivity contribution >= 4 is 17.3 Å². The number of anilines is 2. The second kappa shape index (κ2) is 4.40. The van der Waals surface area contributed by atoms with Crippen LogP contribution in [0.1, 0.15) is 11.5 Å². The van der Waals surface area contributed by atoms with E-state index in [1.807, 2.05) is 49.3 Å². The zero-order chi connectivity index (χ0) is 13.4. The van der Waals surface area contributed by atoms with Gasteiger partial charge in [-0.1, -0.05) is 0 Å². The van der Waals surface area contributed by atoms with E-state index in [0.717, 1.165) is 28.8 Å². The molecule has 3 heterocycles. The minimum Gasteiger partial charge on any atom is -0.445 e. The van der Waals surface area contributed by atoms with Crippen molar-refractivity contribution < 1.29 is 4.42 Å².